The van der Waals surface area contributed by atoms with E-state index in [1.54, 1.807) is 6.92 Å². The molecule has 0 fully saturated rings. The monoisotopic (exact) mass is 403 g/mol. The van der Waals surface area contributed by atoms with Crippen LogP contribution in [0.25, 0.3) is 0 Å². The van der Waals surface area contributed by atoms with Crippen LogP contribution in [0.1, 0.15) is 24.1 Å². The normalized spacial score (nSPS) is 11.3. The smallest absolute Gasteiger partial charge is 0.411 e. The Balaban J connectivity index is 2.35. The number of aliphatic carboxylic acids is 1. The molecule has 0 aliphatic heterocycles. The van der Waals surface area contributed by atoms with Gasteiger partial charge in [0.15, 0.2) is 17.5 Å². The molecule has 29 heavy (non-hydrogen) atoms. The van der Waals surface area contributed by atoms with Gasteiger partial charge < -0.3 is 24.1 Å². The molecule has 0 saturated carbocycles. The van der Waals surface area contributed by atoms with Gasteiger partial charge in [-0.15, -0.1) is 0 Å². The topological polar surface area (TPSA) is 94.5 Å². The summed E-state index contributed by atoms with van der Waals surface area (Å²) >= 11 is 0. The van der Waals surface area contributed by atoms with Crippen molar-refractivity contribution in [2.24, 2.45) is 0 Å². The number of likely N-dealkylation sites (N-methyl/N-ethyl adjacent to an activating group) is 1. The average molecular weight is 403 g/mol. The van der Waals surface area contributed by atoms with E-state index in [1.165, 1.54) is 33.5 Å². The summed E-state index contributed by atoms with van der Waals surface area (Å²) in [6, 6.07) is 10.9. The van der Waals surface area contributed by atoms with Crippen molar-refractivity contribution in [1.82, 2.24) is 4.90 Å². The van der Waals surface area contributed by atoms with Gasteiger partial charge in [-0.2, -0.15) is 0 Å². The molecule has 2 aromatic carbocycles. The number of carbonyl (C=O) groups excluding carboxylic acids is 1. The van der Waals surface area contributed by atoms with E-state index in [9.17, 15) is 14.7 Å². The molecule has 1 N–H and O–H groups in total. The van der Waals surface area contributed by atoms with Crippen molar-refractivity contribution in [3.63, 3.8) is 0 Å². The van der Waals surface area contributed by atoms with E-state index in [2.05, 4.69) is 0 Å². The van der Waals surface area contributed by atoms with E-state index in [4.69, 9.17) is 18.9 Å². The van der Waals surface area contributed by atoms with Gasteiger partial charge in [0.2, 0.25) is 5.75 Å². The van der Waals surface area contributed by atoms with Gasteiger partial charge in [-0.05, 0) is 30.2 Å². The Labute approximate surface area is 169 Å². The van der Waals surface area contributed by atoms with Crippen LogP contribution in [0.2, 0.25) is 0 Å². The van der Waals surface area contributed by atoms with Crippen LogP contribution in [0.15, 0.2) is 42.5 Å². The molecule has 0 aliphatic rings. The maximum Gasteiger partial charge on any atom is 0.411 e. The number of amides is 1. The van der Waals surface area contributed by atoms with Crippen LogP contribution in [0, 0.1) is 0 Å². The van der Waals surface area contributed by atoms with E-state index in [0.29, 0.717) is 22.8 Å². The number of nitrogens with zero attached hydrogens (tertiary/aromatic N) is 1. The molecular formula is C21H25NO7. The summed E-state index contributed by atoms with van der Waals surface area (Å²) in [5, 5.41) is 9.85. The first-order valence-electron chi connectivity index (χ1n) is 8.96. The SMILES string of the molecule is CCN(C(=O)OCc1ccccc1)C(C(=O)O)c1cc(OC)c(OC)c(OC)c1. The van der Waals surface area contributed by atoms with Gasteiger partial charge in [-0.3, -0.25) is 4.90 Å². The Bertz CT molecular complexity index is 813. The fourth-order valence-corrected chi connectivity index (χ4v) is 2.93. The summed E-state index contributed by atoms with van der Waals surface area (Å²) in [4.78, 5) is 25.9. The molecule has 0 bridgehead atoms. The van der Waals surface area contributed by atoms with E-state index in [0.717, 1.165) is 10.5 Å². The minimum atomic E-state index is -1.29. The highest BCUT2D eigenvalue weighted by molar-refractivity contribution is 5.82. The Kier molecular flexibility index (Phi) is 7.70. The van der Waals surface area contributed by atoms with Gasteiger partial charge in [0.25, 0.3) is 0 Å². The van der Waals surface area contributed by atoms with Crippen LogP contribution in [0.5, 0.6) is 17.2 Å². The molecule has 1 atom stereocenters. The maximum absolute atomic E-state index is 12.7. The molecule has 8 nitrogen and oxygen atoms in total. The number of rotatable bonds is 9. The van der Waals surface area contributed by atoms with Crippen LogP contribution in [-0.4, -0.2) is 49.9 Å². The number of methoxy groups -OCH3 is 3. The molecular weight excluding hydrogens is 378 g/mol. The van der Waals surface area contributed by atoms with Crippen molar-refractivity contribution >= 4 is 12.1 Å². The zero-order valence-corrected chi connectivity index (χ0v) is 16.9. The highest BCUT2D eigenvalue weighted by Gasteiger charge is 2.33. The standard InChI is InChI=1S/C21H25NO7/c1-5-22(21(25)29-13-14-9-7-6-8-10-14)18(20(23)24)15-11-16(26-2)19(28-4)17(12-15)27-3/h6-12,18H,5,13H2,1-4H3,(H,23,24). The molecule has 0 aliphatic carbocycles. The van der Waals surface area contributed by atoms with Gasteiger partial charge >= 0.3 is 12.1 Å². The third kappa shape index (κ3) is 5.10. The molecule has 8 heteroatoms. The fraction of sp³-hybridized carbons (Fsp3) is 0.333. The van der Waals surface area contributed by atoms with E-state index in [1.807, 2.05) is 30.3 Å². The van der Waals surface area contributed by atoms with Crippen LogP contribution in [0.3, 0.4) is 0 Å². The molecule has 2 rings (SSSR count). The van der Waals surface area contributed by atoms with Crippen molar-refractivity contribution in [3.05, 3.63) is 53.6 Å². The van der Waals surface area contributed by atoms with Gasteiger partial charge in [0, 0.05) is 6.54 Å². The van der Waals surface area contributed by atoms with Crippen LogP contribution < -0.4 is 14.2 Å². The highest BCUT2D eigenvalue weighted by atomic mass is 16.6. The second-order valence-corrected chi connectivity index (χ2v) is 6.03. The first-order valence-corrected chi connectivity index (χ1v) is 8.96. The number of carbonyl (C=O) groups is 2. The average Bonchev–Trinajstić information content (AvgIpc) is 2.74. The lowest BCUT2D eigenvalue weighted by Crippen LogP contribution is -2.39. The number of carboxylic acid groups (broad SMARTS) is 1. The third-order valence-electron chi connectivity index (χ3n) is 4.33. The zero-order valence-electron chi connectivity index (χ0n) is 16.9. The molecule has 1 unspecified atom stereocenters. The highest BCUT2D eigenvalue weighted by Crippen LogP contribution is 2.40. The largest absolute Gasteiger partial charge is 0.493 e. The molecule has 0 spiro atoms. The molecule has 0 heterocycles. The van der Waals surface area contributed by atoms with E-state index < -0.39 is 18.1 Å². The van der Waals surface area contributed by atoms with Gasteiger partial charge in [0.1, 0.15) is 6.61 Å². The Morgan fingerprint density at radius 1 is 1.00 bits per heavy atom. The van der Waals surface area contributed by atoms with Crippen molar-refractivity contribution in [1.29, 1.82) is 0 Å². The van der Waals surface area contributed by atoms with Crippen molar-refractivity contribution in [2.45, 2.75) is 19.6 Å². The lowest BCUT2D eigenvalue weighted by atomic mass is 10.0. The summed E-state index contributed by atoms with van der Waals surface area (Å²) in [5.41, 5.74) is 1.10. The Hall–Kier alpha value is -3.42. The molecule has 0 saturated heterocycles. The zero-order chi connectivity index (χ0) is 21.4. The molecule has 2 aromatic rings. The van der Waals surface area contributed by atoms with Crippen molar-refractivity contribution in [3.8, 4) is 17.2 Å². The summed E-state index contributed by atoms with van der Waals surface area (Å²) in [6.07, 6.45) is -0.738. The number of carboxylic acids is 1. The van der Waals surface area contributed by atoms with Crippen LogP contribution in [-0.2, 0) is 16.1 Å². The van der Waals surface area contributed by atoms with Crippen molar-refractivity contribution < 1.29 is 33.6 Å². The molecule has 0 radical (unpaired) electrons. The summed E-state index contributed by atoms with van der Waals surface area (Å²) in [5.74, 6) is -0.293. The fourth-order valence-electron chi connectivity index (χ4n) is 2.93. The predicted octanol–water partition coefficient (Wildman–Crippen LogP) is 3.50. The second kappa shape index (κ2) is 10.2. The predicted molar refractivity (Wildman–Crippen MR) is 105 cm³/mol. The van der Waals surface area contributed by atoms with Gasteiger partial charge in [0.05, 0.1) is 21.3 Å². The molecule has 0 aromatic heterocycles. The summed E-state index contributed by atoms with van der Waals surface area (Å²) < 4.78 is 21.2. The number of benzene rings is 2. The first kappa shape index (κ1) is 21.9. The molecule has 1 amide bonds. The number of hydrogen-bond acceptors (Lipinski definition) is 6. The number of hydrogen-bond donors (Lipinski definition) is 1. The van der Waals surface area contributed by atoms with E-state index in [-0.39, 0.29) is 13.2 Å². The lowest BCUT2D eigenvalue weighted by molar-refractivity contribution is -0.143. The Morgan fingerprint density at radius 2 is 1.59 bits per heavy atom. The summed E-state index contributed by atoms with van der Waals surface area (Å²) in [6.45, 7) is 1.84. The summed E-state index contributed by atoms with van der Waals surface area (Å²) in [7, 11) is 4.32. The molecule has 156 valence electrons. The van der Waals surface area contributed by atoms with Crippen molar-refractivity contribution in [2.75, 3.05) is 27.9 Å². The minimum Gasteiger partial charge on any atom is -0.493 e. The van der Waals surface area contributed by atoms with Gasteiger partial charge in [-0.1, -0.05) is 30.3 Å². The van der Waals surface area contributed by atoms with Crippen LogP contribution in [0.4, 0.5) is 4.79 Å². The third-order valence-corrected chi connectivity index (χ3v) is 4.33. The number of ether oxygens (including phenoxy) is 4. The maximum atomic E-state index is 12.7. The lowest BCUT2D eigenvalue weighted by Gasteiger charge is -2.28. The Morgan fingerprint density at radius 3 is 2.03 bits per heavy atom. The first-order chi connectivity index (χ1) is 14.0. The van der Waals surface area contributed by atoms with Crippen LogP contribution >= 0.6 is 0 Å². The second-order valence-electron chi connectivity index (χ2n) is 6.03. The van der Waals surface area contributed by atoms with E-state index >= 15 is 0 Å². The van der Waals surface area contributed by atoms with Gasteiger partial charge in [-0.25, -0.2) is 9.59 Å². The quantitative estimate of drug-likeness (QED) is 0.685. The minimum absolute atomic E-state index is 0.0395.